The number of nitrogens with two attached hydrogens (primary N) is 1. The minimum absolute atomic E-state index is 0.145. The lowest BCUT2D eigenvalue weighted by atomic mass is 9.96. The summed E-state index contributed by atoms with van der Waals surface area (Å²) < 4.78 is 43.3. The number of nitriles is 1. The number of aromatic nitrogens is 3. The van der Waals surface area contributed by atoms with Gasteiger partial charge in [-0.2, -0.15) is 15.4 Å². The Bertz CT molecular complexity index is 1490. The van der Waals surface area contributed by atoms with Crippen LogP contribution in [0.3, 0.4) is 0 Å². The van der Waals surface area contributed by atoms with E-state index in [1.54, 1.807) is 30.3 Å². The van der Waals surface area contributed by atoms with Gasteiger partial charge in [-0.05, 0) is 31.2 Å². The molecule has 2 aromatic heterocycles. The number of carbonyl (C=O) groups excluding carboxylic acids is 1. The Kier molecular flexibility index (Phi) is 8.76. The highest BCUT2D eigenvalue weighted by Crippen LogP contribution is 2.48. The number of carbonyl (C=O) groups is 1. The lowest BCUT2D eigenvalue weighted by Crippen LogP contribution is -2.46. The normalized spacial score (nSPS) is 26.8. The average Bonchev–Trinajstić information content (AvgIpc) is 3.53. The van der Waals surface area contributed by atoms with Gasteiger partial charge in [0.15, 0.2) is 5.82 Å². The molecule has 16 heteroatoms. The molecular formula is C26H31N6O9P. The van der Waals surface area contributed by atoms with E-state index in [2.05, 4.69) is 15.2 Å². The monoisotopic (exact) mass is 602 g/mol. The Morgan fingerprint density at radius 2 is 2.02 bits per heavy atom. The van der Waals surface area contributed by atoms with Crippen LogP contribution in [0, 0.1) is 11.3 Å². The van der Waals surface area contributed by atoms with Crippen LogP contribution in [-0.4, -0.2) is 80.6 Å². The van der Waals surface area contributed by atoms with Crippen LogP contribution in [0.4, 0.5) is 5.82 Å². The number of hydrogen-bond acceptors (Lipinski definition) is 13. The Balaban J connectivity index is 1.35. The fourth-order valence-corrected chi connectivity index (χ4v) is 6.24. The number of ether oxygens (including phenoxy) is 3. The van der Waals surface area contributed by atoms with Crippen molar-refractivity contribution in [3.05, 3.63) is 54.5 Å². The molecule has 6 atom stereocenters. The second-order valence-electron chi connectivity index (χ2n) is 9.95. The zero-order valence-corrected chi connectivity index (χ0v) is 23.5. The number of para-hydroxylation sites is 1. The van der Waals surface area contributed by atoms with E-state index in [9.17, 15) is 24.8 Å². The fourth-order valence-electron chi connectivity index (χ4n) is 4.72. The number of benzene rings is 1. The number of hydrogen-bond donors (Lipinski definition) is 4. The van der Waals surface area contributed by atoms with Crippen LogP contribution in [0.1, 0.15) is 31.6 Å². The molecule has 2 unspecified atom stereocenters. The molecule has 42 heavy (non-hydrogen) atoms. The van der Waals surface area contributed by atoms with Crippen molar-refractivity contribution in [1.29, 1.82) is 5.26 Å². The van der Waals surface area contributed by atoms with Crippen LogP contribution in [-0.2, 0) is 28.1 Å². The highest BCUT2D eigenvalue weighted by molar-refractivity contribution is 7.52. The van der Waals surface area contributed by atoms with Gasteiger partial charge in [0, 0.05) is 12.8 Å². The van der Waals surface area contributed by atoms with E-state index >= 15 is 0 Å². The second-order valence-corrected chi connectivity index (χ2v) is 11.6. The molecule has 2 fully saturated rings. The van der Waals surface area contributed by atoms with Gasteiger partial charge in [0.05, 0.1) is 18.9 Å². The van der Waals surface area contributed by atoms with E-state index in [0.29, 0.717) is 31.6 Å². The molecule has 0 spiro atoms. The molecule has 2 aliphatic heterocycles. The molecule has 5 rings (SSSR count). The lowest BCUT2D eigenvalue weighted by molar-refractivity contribution is -0.154. The summed E-state index contributed by atoms with van der Waals surface area (Å²) in [7, 11) is -4.43. The number of anilines is 1. The molecule has 0 bridgehead atoms. The van der Waals surface area contributed by atoms with Gasteiger partial charge in [0.2, 0.25) is 5.60 Å². The summed E-state index contributed by atoms with van der Waals surface area (Å²) in [5, 5.41) is 38.6. The highest BCUT2D eigenvalue weighted by atomic mass is 31.2. The first-order valence-electron chi connectivity index (χ1n) is 13.2. The molecule has 0 radical (unpaired) electrons. The number of aliphatic hydroxyl groups is 2. The number of aliphatic hydroxyl groups excluding tert-OH is 2. The second kappa shape index (κ2) is 12.3. The van der Waals surface area contributed by atoms with E-state index in [4.69, 9.17) is 29.0 Å². The molecule has 0 saturated carbocycles. The highest BCUT2D eigenvalue weighted by Gasteiger charge is 2.57. The molecule has 2 aliphatic rings. The fraction of sp³-hybridized carbons (Fsp3) is 0.462. The molecule has 0 aliphatic carbocycles. The molecule has 5 N–H and O–H groups in total. The number of nitrogens with zero attached hydrogens (tertiary/aromatic N) is 4. The van der Waals surface area contributed by atoms with Crippen LogP contribution < -0.4 is 15.3 Å². The molecule has 224 valence electrons. The van der Waals surface area contributed by atoms with Gasteiger partial charge in [0.1, 0.15) is 60.7 Å². The van der Waals surface area contributed by atoms with Crippen molar-refractivity contribution in [3.63, 3.8) is 0 Å². The zero-order valence-electron chi connectivity index (χ0n) is 22.6. The maximum atomic E-state index is 14.0. The summed E-state index contributed by atoms with van der Waals surface area (Å²) in [5.41, 5.74) is 4.42. The van der Waals surface area contributed by atoms with Crippen LogP contribution in [0.25, 0.3) is 5.52 Å². The van der Waals surface area contributed by atoms with Crippen molar-refractivity contribution >= 4 is 25.1 Å². The number of fused-ring (bicyclic) bond motifs is 1. The van der Waals surface area contributed by atoms with Gasteiger partial charge in [-0.3, -0.25) is 9.32 Å². The van der Waals surface area contributed by atoms with Crippen LogP contribution in [0.5, 0.6) is 5.75 Å². The minimum atomic E-state index is -4.43. The van der Waals surface area contributed by atoms with E-state index in [1.165, 1.54) is 29.9 Å². The molecule has 4 heterocycles. The van der Waals surface area contributed by atoms with Crippen molar-refractivity contribution in [2.45, 2.75) is 55.8 Å². The van der Waals surface area contributed by atoms with E-state index < -0.39 is 50.3 Å². The van der Waals surface area contributed by atoms with E-state index in [-0.39, 0.29) is 23.4 Å². The molecule has 1 aromatic carbocycles. The standard InChI is InChI=1S/C26H31N6O9P/c1-16(25(35)39-17-9-11-37-12-10-17)31-42(36,41-18-5-3-2-4-6-18)38-14-26(13-27)23(34)21(33)22(40-26)19-7-8-20-24(28)29-15-30-32(19)20/h2-8,15-17,21-23,33-34H,9-12,14H2,1H3,(H,31,36)(H2,28,29,30)/t16?,21-,22+,23+,26-,42?/m1/s1. The average molecular weight is 603 g/mol. The third-order valence-electron chi connectivity index (χ3n) is 7.01. The van der Waals surface area contributed by atoms with Gasteiger partial charge in [-0.15, -0.1) is 0 Å². The summed E-state index contributed by atoms with van der Waals surface area (Å²) in [6.45, 7) is 1.54. The summed E-state index contributed by atoms with van der Waals surface area (Å²) in [6.07, 6.45) is -2.70. The first kappa shape index (κ1) is 29.9. The molecule has 15 nitrogen and oxygen atoms in total. The molecule has 2 saturated heterocycles. The molecule has 3 aromatic rings. The predicted octanol–water partition coefficient (Wildman–Crippen LogP) is 1.27. The van der Waals surface area contributed by atoms with Crippen molar-refractivity contribution < 1.29 is 42.8 Å². The Morgan fingerprint density at radius 1 is 1.29 bits per heavy atom. The number of rotatable bonds is 10. The molecule has 0 amide bonds. The SMILES string of the molecule is CC(NP(=O)(OC[C@@]1(C#N)O[C@@H](c2ccc3c(N)ncnn23)[C@@H](O)[C@@H]1O)Oc1ccccc1)C(=O)OC1CCOCC1. The Hall–Kier alpha value is -3.61. The number of esters is 1. The zero-order chi connectivity index (χ0) is 29.9. The van der Waals surface area contributed by atoms with Gasteiger partial charge in [0.25, 0.3) is 0 Å². The molecular weight excluding hydrogens is 571 g/mol. The first-order valence-corrected chi connectivity index (χ1v) is 14.8. The van der Waals surface area contributed by atoms with Crippen molar-refractivity contribution in [1.82, 2.24) is 19.7 Å². The summed E-state index contributed by atoms with van der Waals surface area (Å²) >= 11 is 0. The van der Waals surface area contributed by atoms with Crippen molar-refractivity contribution in [2.24, 2.45) is 0 Å². The smallest absolute Gasteiger partial charge is 0.459 e. The van der Waals surface area contributed by atoms with Crippen LogP contribution >= 0.6 is 7.75 Å². The van der Waals surface area contributed by atoms with E-state index in [0.717, 1.165) is 0 Å². The van der Waals surface area contributed by atoms with Crippen molar-refractivity contribution in [2.75, 3.05) is 25.6 Å². The Labute approximate surface area is 240 Å². The third kappa shape index (κ3) is 6.11. The third-order valence-corrected chi connectivity index (χ3v) is 8.64. The van der Waals surface area contributed by atoms with Gasteiger partial charge in [-0.25, -0.2) is 14.1 Å². The maximum Gasteiger partial charge on any atom is 0.459 e. The lowest BCUT2D eigenvalue weighted by Gasteiger charge is -2.29. The van der Waals surface area contributed by atoms with Gasteiger partial charge >= 0.3 is 13.7 Å². The predicted molar refractivity (Wildman–Crippen MR) is 145 cm³/mol. The van der Waals surface area contributed by atoms with Crippen LogP contribution in [0.15, 0.2) is 48.8 Å². The summed E-state index contributed by atoms with van der Waals surface area (Å²) in [6, 6.07) is 11.9. The number of nitrogens with one attached hydrogen (secondary N) is 1. The van der Waals surface area contributed by atoms with E-state index in [1.807, 2.05) is 6.07 Å². The largest absolute Gasteiger partial charge is 0.461 e. The quantitative estimate of drug-likeness (QED) is 0.190. The van der Waals surface area contributed by atoms with Gasteiger partial charge in [-0.1, -0.05) is 18.2 Å². The van der Waals surface area contributed by atoms with Gasteiger partial charge < -0.3 is 34.7 Å². The first-order chi connectivity index (χ1) is 20.1. The number of nitrogen functional groups attached to an aromatic ring is 1. The Morgan fingerprint density at radius 3 is 2.74 bits per heavy atom. The van der Waals surface area contributed by atoms with Crippen molar-refractivity contribution in [3.8, 4) is 11.8 Å². The maximum absolute atomic E-state index is 14.0. The summed E-state index contributed by atoms with van der Waals surface area (Å²) in [5.74, 6) is -0.368. The van der Waals surface area contributed by atoms with Crippen LogP contribution in [0.2, 0.25) is 0 Å². The topological polar surface area (TPSA) is 213 Å². The minimum Gasteiger partial charge on any atom is -0.461 e. The summed E-state index contributed by atoms with van der Waals surface area (Å²) in [4.78, 5) is 16.7.